The molecule has 5 heteroatoms. The first-order valence-corrected chi connectivity index (χ1v) is 6.24. The van der Waals surface area contributed by atoms with Crippen molar-refractivity contribution in [2.75, 3.05) is 18.6 Å². The molecule has 0 fully saturated rings. The van der Waals surface area contributed by atoms with Gasteiger partial charge in [-0.25, -0.2) is 0 Å². The van der Waals surface area contributed by atoms with Gasteiger partial charge in [-0.3, -0.25) is 4.79 Å². The highest BCUT2D eigenvalue weighted by Gasteiger charge is 2.20. The number of nitrogens with one attached hydrogen (secondary N) is 1. The lowest BCUT2D eigenvalue weighted by Gasteiger charge is -2.22. The van der Waals surface area contributed by atoms with Gasteiger partial charge < -0.3 is 15.2 Å². The number of rotatable bonds is 7. The van der Waals surface area contributed by atoms with Crippen molar-refractivity contribution >= 4 is 23.5 Å². The van der Waals surface area contributed by atoms with Gasteiger partial charge in [0.2, 0.25) is 5.91 Å². The molecule has 0 aromatic carbocycles. The molecule has 0 aromatic rings. The average molecular weight is 233 g/mol. The number of carbonyl (C=O) groups is 2. The summed E-state index contributed by atoms with van der Waals surface area (Å²) in [5.41, 5.74) is -0.884. The number of hydrogen-bond donors (Lipinski definition) is 2. The fourth-order valence-electron chi connectivity index (χ4n) is 1.03. The molecular formula is C10H19NO3S. The first-order chi connectivity index (χ1) is 6.87. The topological polar surface area (TPSA) is 66.4 Å². The summed E-state index contributed by atoms with van der Waals surface area (Å²) in [7, 11) is 0. The van der Waals surface area contributed by atoms with Crippen molar-refractivity contribution in [3.8, 4) is 0 Å². The van der Waals surface area contributed by atoms with Gasteiger partial charge in [0.15, 0.2) is 0 Å². The van der Waals surface area contributed by atoms with Crippen LogP contribution in [-0.4, -0.2) is 41.0 Å². The molecule has 1 amide bonds. The van der Waals surface area contributed by atoms with Crippen molar-refractivity contribution in [2.24, 2.45) is 0 Å². The van der Waals surface area contributed by atoms with E-state index < -0.39 is 5.60 Å². The minimum Gasteiger partial charge on any atom is -0.387 e. The lowest BCUT2D eigenvalue weighted by atomic mass is 10.1. The zero-order valence-corrected chi connectivity index (χ0v) is 10.3. The molecule has 0 radical (unpaired) electrons. The number of hydrogen-bond acceptors (Lipinski definition) is 4. The normalized spacial score (nSPS) is 14.4. The van der Waals surface area contributed by atoms with E-state index in [4.69, 9.17) is 0 Å². The molecule has 0 aromatic heterocycles. The Kier molecular flexibility index (Phi) is 6.60. The van der Waals surface area contributed by atoms with Gasteiger partial charge in [-0.2, -0.15) is 11.8 Å². The van der Waals surface area contributed by atoms with Gasteiger partial charge in [0.1, 0.15) is 5.78 Å². The van der Waals surface area contributed by atoms with E-state index in [-0.39, 0.29) is 31.1 Å². The van der Waals surface area contributed by atoms with Crippen molar-refractivity contribution < 1.29 is 14.7 Å². The van der Waals surface area contributed by atoms with E-state index in [0.717, 1.165) is 0 Å². The molecule has 15 heavy (non-hydrogen) atoms. The molecule has 0 spiro atoms. The summed E-state index contributed by atoms with van der Waals surface area (Å²) < 4.78 is 0. The molecule has 0 aliphatic rings. The maximum absolute atomic E-state index is 11.2. The Morgan fingerprint density at radius 1 is 1.40 bits per heavy atom. The second-order valence-electron chi connectivity index (χ2n) is 3.91. The van der Waals surface area contributed by atoms with Crippen LogP contribution in [0.5, 0.6) is 0 Å². The number of thioether (sulfide) groups is 1. The van der Waals surface area contributed by atoms with Crippen LogP contribution >= 0.6 is 11.8 Å². The average Bonchev–Trinajstić information content (AvgIpc) is 2.11. The highest BCUT2D eigenvalue weighted by molar-refractivity contribution is 7.98. The lowest BCUT2D eigenvalue weighted by Crippen LogP contribution is -2.42. The number of Topliss-reactive ketones (excluding diaryl/α,β-unsaturated/α-hetero) is 1. The van der Waals surface area contributed by atoms with E-state index in [0.29, 0.717) is 5.75 Å². The standard InChI is InChI=1S/C10H19NO3S/c1-8(12)4-5-9(13)11-6-10(2,14)7-15-3/h14H,4-7H2,1-3H3,(H,11,13). The molecule has 4 nitrogen and oxygen atoms in total. The van der Waals surface area contributed by atoms with Crippen LogP contribution in [0.15, 0.2) is 0 Å². The fraction of sp³-hybridized carbons (Fsp3) is 0.800. The largest absolute Gasteiger partial charge is 0.387 e. The summed E-state index contributed by atoms with van der Waals surface area (Å²) in [6.07, 6.45) is 2.35. The quantitative estimate of drug-likeness (QED) is 0.675. The van der Waals surface area contributed by atoms with Crippen molar-refractivity contribution in [1.29, 1.82) is 0 Å². The number of carbonyl (C=O) groups excluding carboxylic acids is 2. The minimum absolute atomic E-state index is 0.000948. The molecule has 88 valence electrons. The second kappa shape index (κ2) is 6.85. The van der Waals surface area contributed by atoms with Crippen LogP contribution in [0.25, 0.3) is 0 Å². The molecule has 0 rings (SSSR count). The van der Waals surface area contributed by atoms with E-state index in [9.17, 15) is 14.7 Å². The maximum Gasteiger partial charge on any atom is 0.220 e. The van der Waals surface area contributed by atoms with Crippen molar-refractivity contribution in [1.82, 2.24) is 5.32 Å². The Hall–Kier alpha value is -0.550. The smallest absolute Gasteiger partial charge is 0.220 e. The highest BCUT2D eigenvalue weighted by Crippen LogP contribution is 2.08. The molecule has 0 heterocycles. The van der Waals surface area contributed by atoms with Crippen LogP contribution < -0.4 is 5.32 Å². The fourth-order valence-corrected chi connectivity index (χ4v) is 1.75. The van der Waals surface area contributed by atoms with Crippen LogP contribution in [0, 0.1) is 0 Å². The van der Waals surface area contributed by atoms with Crippen LogP contribution in [-0.2, 0) is 9.59 Å². The van der Waals surface area contributed by atoms with E-state index in [1.165, 1.54) is 18.7 Å². The third-order valence-corrected chi connectivity index (χ3v) is 2.74. The third kappa shape index (κ3) is 8.44. The second-order valence-corrected chi connectivity index (χ2v) is 4.77. The molecule has 0 aliphatic carbocycles. The maximum atomic E-state index is 11.2. The molecule has 2 N–H and O–H groups in total. The zero-order chi connectivity index (χ0) is 11.9. The molecule has 1 unspecified atom stereocenters. The van der Waals surface area contributed by atoms with Gasteiger partial charge in [0.05, 0.1) is 5.60 Å². The van der Waals surface area contributed by atoms with Crippen LogP contribution in [0.1, 0.15) is 26.7 Å². The Bertz CT molecular complexity index is 229. The Labute approximate surface area is 94.8 Å². The number of aliphatic hydroxyl groups is 1. The predicted molar refractivity (Wildman–Crippen MR) is 61.9 cm³/mol. The van der Waals surface area contributed by atoms with Gasteiger partial charge in [-0.05, 0) is 20.1 Å². The van der Waals surface area contributed by atoms with Gasteiger partial charge in [-0.1, -0.05) is 0 Å². The molecule has 0 aliphatic heterocycles. The van der Waals surface area contributed by atoms with Crippen LogP contribution in [0.3, 0.4) is 0 Å². The molecule has 1 atom stereocenters. The van der Waals surface area contributed by atoms with Crippen molar-refractivity contribution in [3.05, 3.63) is 0 Å². The molecular weight excluding hydrogens is 214 g/mol. The Morgan fingerprint density at radius 3 is 2.47 bits per heavy atom. The van der Waals surface area contributed by atoms with Crippen LogP contribution in [0.2, 0.25) is 0 Å². The summed E-state index contributed by atoms with van der Waals surface area (Å²) in [5, 5.41) is 12.3. The number of ketones is 1. The van der Waals surface area contributed by atoms with E-state index >= 15 is 0 Å². The minimum atomic E-state index is -0.884. The molecule has 0 bridgehead atoms. The van der Waals surface area contributed by atoms with E-state index in [2.05, 4.69) is 5.32 Å². The Balaban J connectivity index is 3.74. The Morgan fingerprint density at radius 2 is 2.00 bits per heavy atom. The summed E-state index contributed by atoms with van der Waals surface area (Å²) in [6.45, 7) is 3.36. The van der Waals surface area contributed by atoms with Gasteiger partial charge in [0, 0.05) is 25.1 Å². The molecule has 0 saturated carbocycles. The summed E-state index contributed by atoms with van der Waals surface area (Å²) >= 11 is 1.52. The van der Waals surface area contributed by atoms with Crippen LogP contribution in [0.4, 0.5) is 0 Å². The first kappa shape index (κ1) is 14.5. The molecule has 0 saturated heterocycles. The third-order valence-electron chi connectivity index (χ3n) is 1.83. The summed E-state index contributed by atoms with van der Waals surface area (Å²) in [4.78, 5) is 21.8. The van der Waals surface area contributed by atoms with E-state index in [1.54, 1.807) is 6.92 Å². The predicted octanol–water partition coefficient (Wildman–Crippen LogP) is 0.586. The number of amides is 1. The summed E-state index contributed by atoms with van der Waals surface area (Å²) in [5.74, 6) is 0.382. The first-order valence-electron chi connectivity index (χ1n) is 4.85. The highest BCUT2D eigenvalue weighted by atomic mass is 32.2. The van der Waals surface area contributed by atoms with Gasteiger partial charge >= 0.3 is 0 Å². The van der Waals surface area contributed by atoms with Gasteiger partial charge in [0.25, 0.3) is 0 Å². The zero-order valence-electron chi connectivity index (χ0n) is 9.50. The monoisotopic (exact) mass is 233 g/mol. The van der Waals surface area contributed by atoms with Crippen molar-refractivity contribution in [3.63, 3.8) is 0 Å². The van der Waals surface area contributed by atoms with E-state index in [1.807, 2.05) is 6.26 Å². The van der Waals surface area contributed by atoms with Gasteiger partial charge in [-0.15, -0.1) is 0 Å². The lowest BCUT2D eigenvalue weighted by molar-refractivity contribution is -0.125. The summed E-state index contributed by atoms with van der Waals surface area (Å²) in [6, 6.07) is 0. The van der Waals surface area contributed by atoms with Crippen molar-refractivity contribution in [2.45, 2.75) is 32.3 Å². The SMILES string of the molecule is CSCC(C)(O)CNC(=O)CCC(C)=O.